The number of hydrogen-bond donors (Lipinski definition) is 1. The van der Waals surface area contributed by atoms with Gasteiger partial charge >= 0.3 is 0 Å². The van der Waals surface area contributed by atoms with Crippen LogP contribution in [0.25, 0.3) is 0 Å². The Hall–Kier alpha value is -2.25. The Morgan fingerprint density at radius 3 is 2.67 bits per heavy atom. The van der Waals surface area contributed by atoms with Crippen LogP contribution >= 0.6 is 0 Å². The van der Waals surface area contributed by atoms with Gasteiger partial charge in [0.25, 0.3) is 5.91 Å². The van der Waals surface area contributed by atoms with E-state index in [2.05, 4.69) is 21.1 Å². The van der Waals surface area contributed by atoms with Crippen LogP contribution in [-0.2, 0) is 23.9 Å². The molecule has 7 heteroatoms. The average molecular weight is 369 g/mol. The molecule has 27 heavy (non-hydrogen) atoms. The summed E-state index contributed by atoms with van der Waals surface area (Å²) in [5.41, 5.74) is 7.51. The van der Waals surface area contributed by atoms with Crippen molar-refractivity contribution >= 4 is 5.91 Å². The number of amides is 1. The molecule has 2 fully saturated rings. The second-order valence-corrected chi connectivity index (χ2v) is 7.84. The molecule has 4 rings (SSSR count). The number of aryl methyl sites for hydroxylation is 1. The van der Waals surface area contributed by atoms with Crippen LogP contribution < -0.4 is 5.73 Å². The Balaban J connectivity index is 1.64. The first-order chi connectivity index (χ1) is 13.0. The van der Waals surface area contributed by atoms with Crippen molar-refractivity contribution in [3.63, 3.8) is 0 Å². The summed E-state index contributed by atoms with van der Waals surface area (Å²) in [6.45, 7) is 2.76. The van der Waals surface area contributed by atoms with Gasteiger partial charge in [-0.25, -0.2) is 4.98 Å². The van der Waals surface area contributed by atoms with Gasteiger partial charge in [-0.3, -0.25) is 14.7 Å². The van der Waals surface area contributed by atoms with Crippen molar-refractivity contribution in [3.8, 4) is 0 Å². The minimum Gasteiger partial charge on any atom is -0.373 e. The number of methoxy groups -OCH3 is 1. The Labute approximate surface area is 159 Å². The third kappa shape index (κ3) is 3.15. The Morgan fingerprint density at radius 2 is 2.07 bits per heavy atom. The van der Waals surface area contributed by atoms with Gasteiger partial charge in [0.1, 0.15) is 11.3 Å². The second-order valence-electron chi connectivity index (χ2n) is 7.84. The van der Waals surface area contributed by atoms with E-state index in [0.29, 0.717) is 17.5 Å². The van der Waals surface area contributed by atoms with Crippen molar-refractivity contribution in [1.82, 2.24) is 19.4 Å². The second kappa shape index (κ2) is 7.05. The normalized spacial score (nSPS) is 28.2. The summed E-state index contributed by atoms with van der Waals surface area (Å²) in [4.78, 5) is 22.7. The van der Waals surface area contributed by atoms with Gasteiger partial charge in [-0.2, -0.15) is 0 Å². The van der Waals surface area contributed by atoms with Crippen molar-refractivity contribution in [1.29, 1.82) is 0 Å². The zero-order valence-electron chi connectivity index (χ0n) is 16.0. The maximum Gasteiger partial charge on any atom is 0.267 e. The van der Waals surface area contributed by atoms with Crippen LogP contribution in [0.1, 0.15) is 41.0 Å². The first kappa shape index (κ1) is 18.1. The highest BCUT2D eigenvalue weighted by molar-refractivity contribution is 5.90. The molecule has 1 amide bonds. The van der Waals surface area contributed by atoms with Crippen molar-refractivity contribution < 1.29 is 9.53 Å². The molecule has 2 unspecified atom stereocenters. The molecule has 1 aliphatic heterocycles. The SMILES string of the molecule is COC1(c2ccnc(C(N)=O)c2)C2CCC[C@H]1CN(Cc1cn(C)cn1)C2. The predicted octanol–water partition coefficient (Wildman–Crippen LogP) is 1.69. The molecule has 2 aromatic heterocycles. The number of aromatic nitrogens is 3. The molecule has 2 bridgehead atoms. The van der Waals surface area contributed by atoms with Gasteiger partial charge in [-0.1, -0.05) is 6.42 Å². The molecule has 2 N–H and O–H groups in total. The predicted molar refractivity (Wildman–Crippen MR) is 101 cm³/mol. The fraction of sp³-hybridized carbons (Fsp3) is 0.550. The number of rotatable bonds is 5. The van der Waals surface area contributed by atoms with Crippen LogP contribution in [0.2, 0.25) is 0 Å². The van der Waals surface area contributed by atoms with Crippen molar-refractivity contribution in [2.45, 2.75) is 31.4 Å². The number of hydrogen-bond acceptors (Lipinski definition) is 5. The third-order valence-corrected chi connectivity index (χ3v) is 6.22. The summed E-state index contributed by atoms with van der Waals surface area (Å²) >= 11 is 0. The van der Waals surface area contributed by atoms with Gasteiger partial charge in [0, 0.05) is 58.0 Å². The maximum atomic E-state index is 11.6. The molecule has 3 heterocycles. The van der Waals surface area contributed by atoms with Gasteiger partial charge < -0.3 is 15.0 Å². The van der Waals surface area contributed by atoms with Gasteiger partial charge in [-0.05, 0) is 30.5 Å². The topological polar surface area (TPSA) is 86.3 Å². The average Bonchev–Trinajstić information content (AvgIpc) is 3.06. The number of pyridine rings is 1. The van der Waals surface area contributed by atoms with E-state index >= 15 is 0 Å². The lowest BCUT2D eigenvalue weighted by Gasteiger charge is -2.55. The van der Waals surface area contributed by atoms with Gasteiger partial charge in [0.15, 0.2) is 0 Å². The quantitative estimate of drug-likeness (QED) is 0.867. The molecule has 0 radical (unpaired) electrons. The van der Waals surface area contributed by atoms with E-state index in [1.165, 1.54) is 6.42 Å². The zero-order valence-corrected chi connectivity index (χ0v) is 16.0. The molecule has 144 valence electrons. The summed E-state index contributed by atoms with van der Waals surface area (Å²) in [5, 5.41) is 0. The van der Waals surface area contributed by atoms with E-state index < -0.39 is 5.91 Å². The molecule has 3 atom stereocenters. The molecule has 0 aromatic carbocycles. The van der Waals surface area contributed by atoms with Crippen LogP contribution in [0, 0.1) is 11.8 Å². The number of carbonyl (C=O) groups excluding carboxylic acids is 1. The smallest absolute Gasteiger partial charge is 0.267 e. The maximum absolute atomic E-state index is 11.6. The molecular weight excluding hydrogens is 342 g/mol. The molecule has 2 aliphatic rings. The lowest BCUT2D eigenvalue weighted by Crippen LogP contribution is -2.58. The van der Waals surface area contributed by atoms with Gasteiger partial charge in [0.05, 0.1) is 12.0 Å². The summed E-state index contributed by atoms with van der Waals surface area (Å²) in [7, 11) is 3.79. The monoisotopic (exact) mass is 369 g/mol. The largest absolute Gasteiger partial charge is 0.373 e. The van der Waals surface area contributed by atoms with E-state index in [-0.39, 0.29) is 5.60 Å². The number of nitrogens with zero attached hydrogens (tertiary/aromatic N) is 4. The van der Waals surface area contributed by atoms with Crippen molar-refractivity contribution in [3.05, 3.63) is 47.8 Å². The standard InChI is InChI=1S/C20H27N5O2/c1-24-11-17(23-13-24)12-25-9-15-4-3-5-16(10-25)20(15,27-2)14-6-7-22-18(8-14)19(21)26/h6-8,11,13,15-16H,3-5,9-10,12H2,1-2H3,(H2,21,26)/t15-,16?,20?/m0/s1. The molecule has 1 saturated carbocycles. The van der Waals surface area contributed by atoms with Crippen LogP contribution in [0.5, 0.6) is 0 Å². The van der Waals surface area contributed by atoms with E-state index in [1.54, 1.807) is 13.3 Å². The molecular formula is C20H27N5O2. The summed E-state index contributed by atoms with van der Waals surface area (Å²) < 4.78 is 8.23. The first-order valence-corrected chi connectivity index (χ1v) is 9.53. The van der Waals surface area contributed by atoms with Gasteiger partial charge in [-0.15, -0.1) is 0 Å². The minimum atomic E-state index is -0.499. The Morgan fingerprint density at radius 1 is 1.33 bits per heavy atom. The van der Waals surface area contributed by atoms with Crippen LogP contribution in [0.4, 0.5) is 0 Å². The number of primary amides is 1. The number of imidazole rings is 1. The lowest BCUT2D eigenvalue weighted by atomic mass is 9.62. The van der Waals surface area contributed by atoms with Gasteiger partial charge in [0.2, 0.25) is 0 Å². The number of fused-ring (bicyclic) bond motifs is 2. The first-order valence-electron chi connectivity index (χ1n) is 9.53. The highest BCUT2D eigenvalue weighted by Gasteiger charge is 2.53. The zero-order chi connectivity index (χ0) is 19.0. The summed E-state index contributed by atoms with van der Waals surface area (Å²) in [6, 6.07) is 3.81. The molecule has 1 saturated heterocycles. The van der Waals surface area contributed by atoms with E-state index in [9.17, 15) is 4.79 Å². The molecule has 0 spiro atoms. The fourth-order valence-electron chi connectivity index (χ4n) is 5.16. The van der Waals surface area contributed by atoms with Crippen LogP contribution in [0.3, 0.4) is 0 Å². The molecule has 2 aromatic rings. The summed E-state index contributed by atoms with van der Waals surface area (Å²) in [5.74, 6) is 0.226. The molecule has 7 nitrogen and oxygen atoms in total. The highest BCUT2D eigenvalue weighted by Crippen LogP contribution is 2.51. The Kier molecular flexibility index (Phi) is 4.74. The van der Waals surface area contributed by atoms with Crippen molar-refractivity contribution in [2.75, 3.05) is 20.2 Å². The van der Waals surface area contributed by atoms with E-state index in [0.717, 1.165) is 43.7 Å². The number of ether oxygens (including phenoxy) is 1. The minimum absolute atomic E-state index is 0.304. The van der Waals surface area contributed by atoms with E-state index in [4.69, 9.17) is 10.5 Å². The summed E-state index contributed by atoms with van der Waals surface area (Å²) in [6.07, 6.45) is 9.03. The number of likely N-dealkylation sites (tertiary alicyclic amines) is 1. The highest BCUT2D eigenvalue weighted by atomic mass is 16.5. The Bertz CT molecular complexity index is 819. The van der Waals surface area contributed by atoms with Crippen LogP contribution in [0.15, 0.2) is 30.9 Å². The molecule has 1 aliphatic carbocycles. The number of nitrogens with two attached hydrogens (primary N) is 1. The number of carbonyl (C=O) groups is 1. The third-order valence-electron chi connectivity index (χ3n) is 6.22. The van der Waals surface area contributed by atoms with Crippen LogP contribution in [-0.4, -0.2) is 45.5 Å². The lowest BCUT2D eigenvalue weighted by molar-refractivity contribution is -0.170. The fourth-order valence-corrected chi connectivity index (χ4v) is 5.16. The number of piperidine rings is 1. The van der Waals surface area contributed by atoms with E-state index in [1.807, 2.05) is 30.1 Å². The van der Waals surface area contributed by atoms with Crippen molar-refractivity contribution in [2.24, 2.45) is 24.6 Å².